The van der Waals surface area contributed by atoms with Gasteiger partial charge in [-0.1, -0.05) is 13.8 Å². The zero-order chi connectivity index (χ0) is 16.9. The molecule has 134 valence electrons. The molecular formula is C18H29N3O3. The second kappa shape index (κ2) is 8.23. The third-order valence-corrected chi connectivity index (χ3v) is 5.00. The van der Waals surface area contributed by atoms with Crippen molar-refractivity contribution in [3.63, 3.8) is 0 Å². The molecule has 2 saturated heterocycles. The second-order valence-corrected chi connectivity index (χ2v) is 7.27. The van der Waals surface area contributed by atoms with Crippen LogP contribution in [0.25, 0.3) is 0 Å². The quantitative estimate of drug-likeness (QED) is 0.816. The van der Waals surface area contributed by atoms with Gasteiger partial charge < -0.3 is 14.4 Å². The van der Waals surface area contributed by atoms with Crippen LogP contribution in [0, 0.1) is 5.92 Å². The highest BCUT2D eigenvalue weighted by Gasteiger charge is 2.24. The molecule has 6 heteroatoms. The van der Waals surface area contributed by atoms with Crippen molar-refractivity contribution < 1.29 is 9.47 Å². The predicted molar refractivity (Wildman–Crippen MR) is 92.3 cm³/mol. The third kappa shape index (κ3) is 4.65. The fraction of sp³-hybridized carbons (Fsp3) is 0.778. The monoisotopic (exact) mass is 335 g/mol. The standard InChI is InChI=1S/C18H29N3O3/c1-14(2)17-9-18(22)21(13-19-17)10-15-3-5-20(6-4-15)11-16-12-23-7-8-24-16/h9,13-16H,3-8,10-12H2,1-2H3. The van der Waals surface area contributed by atoms with Gasteiger partial charge in [0.15, 0.2) is 0 Å². The number of hydrogen-bond acceptors (Lipinski definition) is 5. The lowest BCUT2D eigenvalue weighted by molar-refractivity contribution is -0.0994. The van der Waals surface area contributed by atoms with Crippen LogP contribution in [0.4, 0.5) is 0 Å². The molecule has 0 saturated carbocycles. The molecule has 6 nitrogen and oxygen atoms in total. The van der Waals surface area contributed by atoms with Crippen molar-refractivity contribution in [1.82, 2.24) is 14.5 Å². The van der Waals surface area contributed by atoms with Gasteiger partial charge in [-0.3, -0.25) is 9.36 Å². The number of piperidine rings is 1. The summed E-state index contributed by atoms with van der Waals surface area (Å²) in [5.74, 6) is 0.843. The molecule has 1 unspecified atom stereocenters. The van der Waals surface area contributed by atoms with Gasteiger partial charge in [-0.15, -0.1) is 0 Å². The zero-order valence-electron chi connectivity index (χ0n) is 14.8. The molecule has 0 amide bonds. The van der Waals surface area contributed by atoms with Crippen LogP contribution < -0.4 is 5.56 Å². The van der Waals surface area contributed by atoms with Crippen molar-refractivity contribution in [3.05, 3.63) is 28.4 Å². The average Bonchev–Trinajstić information content (AvgIpc) is 2.59. The van der Waals surface area contributed by atoms with Crippen LogP contribution >= 0.6 is 0 Å². The Balaban J connectivity index is 1.47. The Morgan fingerprint density at radius 3 is 2.67 bits per heavy atom. The fourth-order valence-electron chi connectivity index (χ4n) is 3.45. The maximum atomic E-state index is 12.2. The van der Waals surface area contributed by atoms with Crippen LogP contribution in [0.2, 0.25) is 0 Å². The van der Waals surface area contributed by atoms with Gasteiger partial charge in [0.25, 0.3) is 5.56 Å². The molecule has 2 fully saturated rings. The van der Waals surface area contributed by atoms with Gasteiger partial charge in [-0.2, -0.15) is 0 Å². The molecular weight excluding hydrogens is 306 g/mol. The molecule has 3 heterocycles. The Bertz CT molecular complexity index is 573. The van der Waals surface area contributed by atoms with E-state index in [9.17, 15) is 4.79 Å². The molecule has 0 aliphatic carbocycles. The van der Waals surface area contributed by atoms with Crippen LogP contribution in [-0.4, -0.2) is 60.0 Å². The molecule has 24 heavy (non-hydrogen) atoms. The smallest absolute Gasteiger partial charge is 0.253 e. The Hall–Kier alpha value is -1.24. The van der Waals surface area contributed by atoms with E-state index in [-0.39, 0.29) is 11.7 Å². The van der Waals surface area contributed by atoms with Gasteiger partial charge in [0.05, 0.1) is 37.9 Å². The molecule has 1 atom stereocenters. The normalized spacial score (nSPS) is 23.7. The van der Waals surface area contributed by atoms with Crippen molar-refractivity contribution in [2.75, 3.05) is 39.5 Å². The molecule has 0 spiro atoms. The maximum absolute atomic E-state index is 12.2. The number of hydrogen-bond donors (Lipinski definition) is 0. The van der Waals surface area contributed by atoms with Crippen molar-refractivity contribution in [2.45, 2.75) is 45.3 Å². The van der Waals surface area contributed by atoms with E-state index in [0.29, 0.717) is 25.0 Å². The topological polar surface area (TPSA) is 56.6 Å². The summed E-state index contributed by atoms with van der Waals surface area (Å²) in [5, 5.41) is 0. The lowest BCUT2D eigenvalue weighted by Gasteiger charge is -2.35. The predicted octanol–water partition coefficient (Wildman–Crippen LogP) is 1.49. The molecule has 2 aliphatic rings. The summed E-state index contributed by atoms with van der Waals surface area (Å²) in [6, 6.07) is 1.68. The molecule has 2 aliphatic heterocycles. The van der Waals surface area contributed by atoms with Gasteiger partial charge >= 0.3 is 0 Å². The summed E-state index contributed by atoms with van der Waals surface area (Å²) in [4.78, 5) is 19.1. The molecule has 0 bridgehead atoms. The summed E-state index contributed by atoms with van der Waals surface area (Å²) >= 11 is 0. The van der Waals surface area contributed by atoms with Crippen molar-refractivity contribution in [3.8, 4) is 0 Å². The van der Waals surface area contributed by atoms with E-state index in [4.69, 9.17) is 9.47 Å². The van der Waals surface area contributed by atoms with Crippen LogP contribution in [0.1, 0.15) is 38.3 Å². The molecule has 0 N–H and O–H groups in total. The van der Waals surface area contributed by atoms with Gasteiger partial charge in [0.2, 0.25) is 0 Å². The minimum Gasteiger partial charge on any atom is -0.376 e. The number of nitrogens with zero attached hydrogens (tertiary/aromatic N) is 3. The van der Waals surface area contributed by atoms with Gasteiger partial charge in [-0.25, -0.2) is 4.98 Å². The molecule has 1 aromatic rings. The minimum absolute atomic E-state index is 0.0730. The highest BCUT2D eigenvalue weighted by molar-refractivity contribution is 5.04. The van der Waals surface area contributed by atoms with E-state index >= 15 is 0 Å². The van der Waals surface area contributed by atoms with Crippen molar-refractivity contribution in [2.24, 2.45) is 5.92 Å². The first-order valence-electron chi connectivity index (χ1n) is 9.10. The number of ether oxygens (including phenoxy) is 2. The number of likely N-dealkylation sites (tertiary alicyclic amines) is 1. The highest BCUT2D eigenvalue weighted by Crippen LogP contribution is 2.19. The fourth-order valence-corrected chi connectivity index (χ4v) is 3.45. The first kappa shape index (κ1) is 17.6. The first-order valence-corrected chi connectivity index (χ1v) is 9.10. The Kier molecular flexibility index (Phi) is 6.03. The Morgan fingerprint density at radius 2 is 2.04 bits per heavy atom. The summed E-state index contributed by atoms with van der Waals surface area (Å²) in [5.41, 5.74) is 0.949. The lowest BCUT2D eigenvalue weighted by Crippen LogP contribution is -2.44. The Labute approximate surface area is 143 Å². The van der Waals surface area contributed by atoms with Crippen molar-refractivity contribution >= 4 is 0 Å². The van der Waals surface area contributed by atoms with Gasteiger partial charge in [0.1, 0.15) is 0 Å². The molecule has 0 aromatic carbocycles. The van der Waals surface area contributed by atoms with Crippen LogP contribution in [0.5, 0.6) is 0 Å². The molecule has 3 rings (SSSR count). The average molecular weight is 335 g/mol. The lowest BCUT2D eigenvalue weighted by atomic mass is 9.96. The number of aromatic nitrogens is 2. The van der Waals surface area contributed by atoms with Crippen LogP contribution in [0.3, 0.4) is 0 Å². The summed E-state index contributed by atoms with van der Waals surface area (Å²) in [7, 11) is 0. The summed E-state index contributed by atoms with van der Waals surface area (Å²) < 4.78 is 13.0. The molecule has 1 aromatic heterocycles. The zero-order valence-corrected chi connectivity index (χ0v) is 14.8. The van der Waals surface area contributed by atoms with Gasteiger partial charge in [-0.05, 0) is 37.8 Å². The largest absolute Gasteiger partial charge is 0.376 e. The maximum Gasteiger partial charge on any atom is 0.253 e. The number of rotatable bonds is 5. The van der Waals surface area contributed by atoms with E-state index in [1.54, 1.807) is 17.0 Å². The SMILES string of the molecule is CC(C)c1cc(=O)n(CC2CCN(CC3COCCO3)CC2)cn1. The highest BCUT2D eigenvalue weighted by atomic mass is 16.6. The van der Waals surface area contributed by atoms with Crippen LogP contribution in [0.15, 0.2) is 17.2 Å². The van der Waals surface area contributed by atoms with E-state index < -0.39 is 0 Å². The third-order valence-electron chi connectivity index (χ3n) is 5.00. The minimum atomic E-state index is 0.0730. The molecule has 0 radical (unpaired) electrons. The second-order valence-electron chi connectivity index (χ2n) is 7.27. The summed E-state index contributed by atoms with van der Waals surface area (Å²) in [6.07, 6.45) is 4.17. The van der Waals surface area contributed by atoms with Gasteiger partial charge in [0, 0.05) is 19.2 Å². The van der Waals surface area contributed by atoms with E-state index in [1.807, 2.05) is 0 Å². The van der Waals surface area contributed by atoms with Crippen molar-refractivity contribution in [1.29, 1.82) is 0 Å². The Morgan fingerprint density at radius 1 is 1.25 bits per heavy atom. The van der Waals surface area contributed by atoms with E-state index in [2.05, 4.69) is 23.7 Å². The van der Waals surface area contributed by atoms with Crippen LogP contribution in [-0.2, 0) is 16.0 Å². The van der Waals surface area contributed by atoms with E-state index in [0.717, 1.165) is 51.3 Å². The first-order chi connectivity index (χ1) is 11.6. The summed E-state index contributed by atoms with van der Waals surface area (Å²) in [6.45, 7) is 10.1. The van der Waals surface area contributed by atoms with E-state index in [1.165, 1.54) is 0 Å².